The smallest absolute Gasteiger partial charge is 0.0249 e. The number of rotatable bonds is 2. The van der Waals surface area contributed by atoms with Gasteiger partial charge >= 0.3 is 0 Å². The van der Waals surface area contributed by atoms with E-state index in [0.29, 0.717) is 0 Å². The topological polar surface area (TPSA) is 0 Å². The normalized spacial score (nSPS) is 10.3. The third-order valence-corrected chi connectivity index (χ3v) is 3.73. The van der Waals surface area contributed by atoms with Gasteiger partial charge in [-0.15, -0.1) is 0 Å². The second-order valence-corrected chi connectivity index (χ2v) is 4.50. The lowest BCUT2D eigenvalue weighted by Crippen LogP contribution is -1.91. The molecule has 0 saturated carbocycles. The monoisotopic (exact) mass is 386 g/mol. The highest BCUT2D eigenvalue weighted by molar-refractivity contribution is 14.1. The van der Waals surface area contributed by atoms with Crippen LogP contribution in [0, 0.1) is 13.8 Å². The van der Waals surface area contributed by atoms with E-state index >= 15 is 0 Å². The molecule has 0 radical (unpaired) electrons. The van der Waals surface area contributed by atoms with E-state index in [4.69, 9.17) is 0 Å². The van der Waals surface area contributed by atoms with E-state index in [2.05, 4.69) is 71.2 Å². The van der Waals surface area contributed by atoms with Gasteiger partial charge in [-0.2, -0.15) is 0 Å². The van der Waals surface area contributed by atoms with Crippen LogP contribution in [0.3, 0.4) is 0 Å². The first-order valence-electron chi connectivity index (χ1n) is 3.90. The summed E-state index contributed by atoms with van der Waals surface area (Å²) in [5.41, 5.74) is 5.81. The summed E-state index contributed by atoms with van der Waals surface area (Å²) in [6.45, 7) is 4.40. The molecule has 0 aliphatic heterocycles. The molecule has 0 nitrogen and oxygen atoms in total. The van der Waals surface area contributed by atoms with Crippen LogP contribution in [0.1, 0.15) is 22.3 Å². The molecular formula is C10H12I2. The molecule has 2 heteroatoms. The van der Waals surface area contributed by atoms with Gasteiger partial charge in [0.15, 0.2) is 0 Å². The fourth-order valence-corrected chi connectivity index (χ4v) is 2.87. The van der Waals surface area contributed by atoms with Crippen LogP contribution in [-0.4, -0.2) is 0 Å². The fourth-order valence-electron chi connectivity index (χ4n) is 1.22. The lowest BCUT2D eigenvalue weighted by Gasteiger charge is -2.08. The molecule has 0 fully saturated rings. The highest BCUT2D eigenvalue weighted by atomic mass is 127. The van der Waals surface area contributed by atoms with E-state index < -0.39 is 0 Å². The molecule has 0 saturated heterocycles. The Hall–Kier alpha value is 0.680. The van der Waals surface area contributed by atoms with Gasteiger partial charge in [0.05, 0.1) is 0 Å². The average molecular weight is 386 g/mol. The Morgan fingerprint density at radius 1 is 0.917 bits per heavy atom. The molecule has 0 unspecified atom stereocenters. The molecule has 0 aromatic heterocycles. The largest absolute Gasteiger partial charge is 0.0812 e. The second kappa shape index (κ2) is 4.79. The van der Waals surface area contributed by atoms with Crippen molar-refractivity contribution in [1.29, 1.82) is 0 Å². The van der Waals surface area contributed by atoms with Crippen molar-refractivity contribution < 1.29 is 0 Å². The van der Waals surface area contributed by atoms with Gasteiger partial charge in [0.1, 0.15) is 0 Å². The molecule has 0 atom stereocenters. The van der Waals surface area contributed by atoms with Gasteiger partial charge in [0.2, 0.25) is 0 Å². The van der Waals surface area contributed by atoms with Crippen LogP contribution in [0.5, 0.6) is 0 Å². The second-order valence-electron chi connectivity index (χ2n) is 2.97. The molecule has 12 heavy (non-hydrogen) atoms. The third kappa shape index (κ3) is 2.34. The highest BCUT2D eigenvalue weighted by Gasteiger charge is 2.01. The molecule has 1 aromatic rings. The van der Waals surface area contributed by atoms with Crippen LogP contribution in [0.2, 0.25) is 0 Å². The van der Waals surface area contributed by atoms with Crippen molar-refractivity contribution in [2.45, 2.75) is 22.7 Å². The highest BCUT2D eigenvalue weighted by Crippen LogP contribution is 2.20. The predicted molar refractivity (Wildman–Crippen MR) is 71.4 cm³/mol. The summed E-state index contributed by atoms with van der Waals surface area (Å²) in [4.78, 5) is 0. The van der Waals surface area contributed by atoms with E-state index in [-0.39, 0.29) is 0 Å². The molecule has 1 aromatic carbocycles. The van der Waals surface area contributed by atoms with Crippen LogP contribution in [0.25, 0.3) is 0 Å². The maximum Gasteiger partial charge on any atom is 0.0249 e. The summed E-state index contributed by atoms with van der Waals surface area (Å²) < 4.78 is 2.23. The lowest BCUT2D eigenvalue weighted by atomic mass is 10.0. The van der Waals surface area contributed by atoms with Gasteiger partial charge < -0.3 is 0 Å². The zero-order valence-electron chi connectivity index (χ0n) is 7.32. The molecule has 1 rings (SSSR count). The zero-order chi connectivity index (χ0) is 9.14. The summed E-state index contributed by atoms with van der Waals surface area (Å²) in [6.07, 6.45) is 0. The molecule has 0 bridgehead atoms. The predicted octanol–water partition coefficient (Wildman–Crippen LogP) is 4.17. The summed E-state index contributed by atoms with van der Waals surface area (Å²) in [5.74, 6) is 0. The molecule has 0 aliphatic carbocycles. The van der Waals surface area contributed by atoms with Gasteiger partial charge in [-0.25, -0.2) is 0 Å². The van der Waals surface area contributed by atoms with Crippen molar-refractivity contribution in [3.8, 4) is 0 Å². The molecule has 0 N–H and O–H groups in total. The fraction of sp³-hybridized carbons (Fsp3) is 0.400. The van der Waals surface area contributed by atoms with Crippen LogP contribution in [-0.2, 0) is 8.86 Å². The quantitative estimate of drug-likeness (QED) is 0.529. The summed E-state index contributed by atoms with van der Waals surface area (Å²) >= 11 is 4.84. The number of aryl methyl sites for hydroxylation is 2. The third-order valence-electron chi connectivity index (χ3n) is 2.08. The van der Waals surface area contributed by atoms with Crippen molar-refractivity contribution in [2.75, 3.05) is 0 Å². The summed E-state index contributed by atoms with van der Waals surface area (Å²) in [7, 11) is 0. The van der Waals surface area contributed by atoms with Gasteiger partial charge in [0.25, 0.3) is 0 Å². The number of halogens is 2. The Balaban J connectivity index is 3.16. The van der Waals surface area contributed by atoms with Crippen LogP contribution in [0.4, 0.5) is 0 Å². The van der Waals surface area contributed by atoms with Crippen LogP contribution < -0.4 is 0 Å². The maximum absolute atomic E-state index is 2.42. The van der Waals surface area contributed by atoms with Crippen molar-refractivity contribution in [3.05, 3.63) is 34.4 Å². The first-order chi connectivity index (χ1) is 5.69. The first-order valence-corrected chi connectivity index (χ1v) is 6.95. The molecule has 0 spiro atoms. The molecule has 0 aliphatic rings. The van der Waals surface area contributed by atoms with E-state index in [9.17, 15) is 0 Å². The SMILES string of the molecule is Cc1cc(CI)c(C)cc1CI. The van der Waals surface area contributed by atoms with E-state index in [1.165, 1.54) is 22.3 Å². The van der Waals surface area contributed by atoms with Gasteiger partial charge in [0, 0.05) is 8.86 Å². The average Bonchev–Trinajstić information content (AvgIpc) is 2.08. The van der Waals surface area contributed by atoms with E-state index in [1.807, 2.05) is 0 Å². The van der Waals surface area contributed by atoms with Gasteiger partial charge in [-0.1, -0.05) is 57.3 Å². The Labute approximate surface area is 101 Å². The number of alkyl halides is 2. The van der Waals surface area contributed by atoms with Crippen LogP contribution >= 0.6 is 45.2 Å². The van der Waals surface area contributed by atoms with Crippen molar-refractivity contribution in [1.82, 2.24) is 0 Å². The minimum absolute atomic E-state index is 1.12. The minimum Gasteiger partial charge on any atom is -0.0812 e. The summed E-state index contributed by atoms with van der Waals surface area (Å²) in [5, 5.41) is 0. The van der Waals surface area contributed by atoms with Crippen LogP contribution in [0.15, 0.2) is 12.1 Å². The van der Waals surface area contributed by atoms with E-state index in [0.717, 1.165) is 8.86 Å². The maximum atomic E-state index is 2.42. The number of benzene rings is 1. The minimum atomic E-state index is 1.12. The molecule has 0 amide bonds. The number of hydrogen-bond donors (Lipinski definition) is 0. The van der Waals surface area contributed by atoms with Gasteiger partial charge in [-0.05, 0) is 36.1 Å². The molecule has 0 heterocycles. The Morgan fingerprint density at radius 3 is 1.50 bits per heavy atom. The zero-order valence-corrected chi connectivity index (χ0v) is 11.6. The summed E-state index contributed by atoms with van der Waals surface area (Å²) in [6, 6.07) is 4.63. The van der Waals surface area contributed by atoms with Crippen molar-refractivity contribution >= 4 is 45.2 Å². The first kappa shape index (κ1) is 10.8. The van der Waals surface area contributed by atoms with Crippen molar-refractivity contribution in [2.24, 2.45) is 0 Å². The standard InChI is InChI=1S/C10H12I2/c1-7-3-10(6-12)8(2)4-9(7)5-11/h3-4H,5-6H2,1-2H3. The Morgan fingerprint density at radius 2 is 1.25 bits per heavy atom. The van der Waals surface area contributed by atoms with Crippen molar-refractivity contribution in [3.63, 3.8) is 0 Å². The molecule has 66 valence electrons. The Kier molecular flexibility index (Phi) is 4.29. The Bertz CT molecular complexity index is 250. The number of hydrogen-bond acceptors (Lipinski definition) is 0. The lowest BCUT2D eigenvalue weighted by molar-refractivity contribution is 1.23. The van der Waals surface area contributed by atoms with E-state index in [1.54, 1.807) is 0 Å². The van der Waals surface area contributed by atoms with Gasteiger partial charge in [-0.3, -0.25) is 0 Å². The molecular weight excluding hydrogens is 374 g/mol.